The average molecular weight is 187 g/mol. The lowest BCUT2D eigenvalue weighted by atomic mass is 9.96. The SMILES string of the molecule is [CH]=CCCCc1ccc(C)c(C)c1C. The molecular formula is C14H19. The summed E-state index contributed by atoms with van der Waals surface area (Å²) in [6.07, 6.45) is 5.04. The second-order valence-corrected chi connectivity index (χ2v) is 3.92. The minimum absolute atomic E-state index is 1.01. The molecule has 0 heteroatoms. The Morgan fingerprint density at radius 1 is 1.14 bits per heavy atom. The largest absolute Gasteiger partial charge is 0.0845 e. The van der Waals surface area contributed by atoms with Crippen molar-refractivity contribution in [1.29, 1.82) is 0 Å². The topological polar surface area (TPSA) is 0 Å². The van der Waals surface area contributed by atoms with E-state index < -0.39 is 0 Å². The van der Waals surface area contributed by atoms with Crippen LogP contribution in [0, 0.1) is 27.4 Å². The Hall–Kier alpha value is -1.04. The highest BCUT2D eigenvalue weighted by Gasteiger charge is 2.02. The van der Waals surface area contributed by atoms with E-state index >= 15 is 0 Å². The van der Waals surface area contributed by atoms with Crippen LogP contribution < -0.4 is 0 Å². The van der Waals surface area contributed by atoms with E-state index in [1.165, 1.54) is 22.3 Å². The van der Waals surface area contributed by atoms with Crippen molar-refractivity contribution >= 4 is 0 Å². The number of aryl methyl sites for hydroxylation is 2. The second kappa shape index (κ2) is 4.99. The van der Waals surface area contributed by atoms with Gasteiger partial charge in [-0.1, -0.05) is 24.8 Å². The zero-order valence-corrected chi connectivity index (χ0v) is 9.43. The maximum absolute atomic E-state index is 5.36. The Morgan fingerprint density at radius 3 is 2.50 bits per heavy atom. The van der Waals surface area contributed by atoms with Gasteiger partial charge in [-0.15, -0.1) is 0 Å². The van der Waals surface area contributed by atoms with E-state index in [2.05, 4.69) is 32.9 Å². The summed E-state index contributed by atoms with van der Waals surface area (Å²) in [6.45, 7) is 11.9. The normalized spacial score (nSPS) is 10.2. The van der Waals surface area contributed by atoms with Gasteiger partial charge < -0.3 is 0 Å². The van der Waals surface area contributed by atoms with Crippen LogP contribution in [-0.4, -0.2) is 0 Å². The molecule has 1 radical (unpaired) electrons. The van der Waals surface area contributed by atoms with E-state index in [4.69, 9.17) is 6.58 Å². The predicted octanol–water partition coefficient (Wildman–Crippen LogP) is 3.92. The predicted molar refractivity (Wildman–Crippen MR) is 62.5 cm³/mol. The third-order valence-electron chi connectivity index (χ3n) is 2.99. The van der Waals surface area contributed by atoms with Crippen molar-refractivity contribution in [3.63, 3.8) is 0 Å². The smallest absolute Gasteiger partial charge is 0.0273 e. The van der Waals surface area contributed by atoms with E-state index in [0.717, 1.165) is 19.3 Å². The molecule has 1 aromatic rings. The Balaban J connectivity index is 2.78. The van der Waals surface area contributed by atoms with Crippen LogP contribution in [0.5, 0.6) is 0 Å². The highest BCUT2D eigenvalue weighted by atomic mass is 14.1. The Bertz CT molecular complexity index is 321. The average Bonchev–Trinajstić information content (AvgIpc) is 2.18. The van der Waals surface area contributed by atoms with Crippen LogP contribution in [-0.2, 0) is 6.42 Å². The number of hydrogen-bond acceptors (Lipinski definition) is 0. The van der Waals surface area contributed by atoms with Gasteiger partial charge in [-0.2, -0.15) is 0 Å². The molecule has 0 nitrogen and oxygen atoms in total. The van der Waals surface area contributed by atoms with E-state index in [-0.39, 0.29) is 0 Å². The van der Waals surface area contributed by atoms with Crippen molar-refractivity contribution < 1.29 is 0 Å². The first kappa shape index (κ1) is 11.0. The minimum Gasteiger partial charge on any atom is -0.0845 e. The molecule has 0 saturated heterocycles. The molecule has 0 N–H and O–H groups in total. The zero-order chi connectivity index (χ0) is 10.6. The van der Waals surface area contributed by atoms with Crippen molar-refractivity contribution in [2.24, 2.45) is 0 Å². The summed E-state index contributed by atoms with van der Waals surface area (Å²) in [6, 6.07) is 4.46. The van der Waals surface area contributed by atoms with E-state index in [1.54, 1.807) is 6.08 Å². The lowest BCUT2D eigenvalue weighted by Crippen LogP contribution is -1.94. The second-order valence-electron chi connectivity index (χ2n) is 3.92. The van der Waals surface area contributed by atoms with Gasteiger partial charge in [-0.3, -0.25) is 0 Å². The summed E-state index contributed by atoms with van der Waals surface area (Å²) in [5.74, 6) is 0. The van der Waals surface area contributed by atoms with E-state index in [1.807, 2.05) is 0 Å². The van der Waals surface area contributed by atoms with Crippen LogP contribution in [0.25, 0.3) is 0 Å². The zero-order valence-electron chi connectivity index (χ0n) is 9.43. The molecule has 0 heterocycles. The molecule has 0 bridgehead atoms. The minimum atomic E-state index is 1.01. The van der Waals surface area contributed by atoms with Crippen molar-refractivity contribution in [1.82, 2.24) is 0 Å². The molecule has 0 spiro atoms. The monoisotopic (exact) mass is 187 g/mol. The molecule has 0 aliphatic rings. The molecule has 0 atom stereocenters. The fourth-order valence-corrected chi connectivity index (χ4v) is 1.69. The molecule has 0 aliphatic heterocycles. The van der Waals surface area contributed by atoms with Gasteiger partial charge in [0.2, 0.25) is 0 Å². The van der Waals surface area contributed by atoms with Gasteiger partial charge in [-0.25, -0.2) is 0 Å². The fraction of sp³-hybridized carbons (Fsp3) is 0.429. The Labute approximate surface area is 87.7 Å². The molecule has 75 valence electrons. The Morgan fingerprint density at radius 2 is 1.86 bits per heavy atom. The van der Waals surface area contributed by atoms with E-state index in [0.29, 0.717) is 0 Å². The summed E-state index contributed by atoms with van der Waals surface area (Å²) in [7, 11) is 0. The van der Waals surface area contributed by atoms with Crippen LogP contribution >= 0.6 is 0 Å². The molecule has 1 rings (SSSR count). The molecule has 0 aromatic heterocycles. The first-order valence-electron chi connectivity index (χ1n) is 5.26. The molecule has 0 fully saturated rings. The van der Waals surface area contributed by atoms with Crippen molar-refractivity contribution in [3.8, 4) is 0 Å². The van der Waals surface area contributed by atoms with Gasteiger partial charge in [0.1, 0.15) is 0 Å². The maximum Gasteiger partial charge on any atom is -0.0273 e. The number of benzene rings is 1. The highest BCUT2D eigenvalue weighted by molar-refractivity contribution is 5.38. The lowest BCUT2D eigenvalue weighted by molar-refractivity contribution is 0.836. The molecule has 0 aliphatic carbocycles. The lowest BCUT2D eigenvalue weighted by Gasteiger charge is -2.10. The molecule has 1 aromatic carbocycles. The third kappa shape index (κ3) is 2.47. The van der Waals surface area contributed by atoms with Crippen molar-refractivity contribution in [2.45, 2.75) is 40.0 Å². The summed E-state index contributed by atoms with van der Waals surface area (Å²) < 4.78 is 0. The van der Waals surface area contributed by atoms with Gasteiger partial charge in [-0.05, 0) is 62.3 Å². The highest BCUT2D eigenvalue weighted by Crippen LogP contribution is 2.18. The van der Waals surface area contributed by atoms with Gasteiger partial charge in [0.05, 0.1) is 0 Å². The first-order chi connectivity index (χ1) is 6.66. The van der Waals surface area contributed by atoms with Gasteiger partial charge >= 0.3 is 0 Å². The number of allylic oxidation sites excluding steroid dienone is 1. The van der Waals surface area contributed by atoms with Crippen LogP contribution in [0.4, 0.5) is 0 Å². The summed E-state index contributed by atoms with van der Waals surface area (Å²) >= 11 is 0. The number of unbranched alkanes of at least 4 members (excludes halogenated alkanes) is 1. The first-order valence-corrected chi connectivity index (χ1v) is 5.26. The quantitative estimate of drug-likeness (QED) is 0.627. The van der Waals surface area contributed by atoms with Crippen LogP contribution in [0.15, 0.2) is 18.2 Å². The molecule has 0 unspecified atom stereocenters. The maximum atomic E-state index is 5.36. The summed E-state index contributed by atoms with van der Waals surface area (Å²) in [5, 5.41) is 0. The van der Waals surface area contributed by atoms with Crippen LogP contribution in [0.1, 0.15) is 35.1 Å². The fourth-order valence-electron chi connectivity index (χ4n) is 1.69. The summed E-state index contributed by atoms with van der Waals surface area (Å²) in [4.78, 5) is 0. The van der Waals surface area contributed by atoms with Gasteiger partial charge in [0, 0.05) is 0 Å². The van der Waals surface area contributed by atoms with Crippen molar-refractivity contribution in [2.75, 3.05) is 0 Å². The molecular weight excluding hydrogens is 168 g/mol. The number of hydrogen-bond donors (Lipinski definition) is 0. The third-order valence-corrected chi connectivity index (χ3v) is 2.99. The van der Waals surface area contributed by atoms with Gasteiger partial charge in [0.25, 0.3) is 0 Å². The molecule has 14 heavy (non-hydrogen) atoms. The van der Waals surface area contributed by atoms with Crippen LogP contribution in [0.3, 0.4) is 0 Å². The molecule has 0 amide bonds. The standard InChI is InChI=1S/C14H19/c1-5-6-7-8-14-10-9-11(2)12(3)13(14)4/h1,5,9-10H,6-8H2,2-4H3. The van der Waals surface area contributed by atoms with Gasteiger partial charge in [0.15, 0.2) is 0 Å². The van der Waals surface area contributed by atoms with E-state index in [9.17, 15) is 0 Å². The van der Waals surface area contributed by atoms with Crippen LogP contribution in [0.2, 0.25) is 0 Å². The molecule has 0 saturated carbocycles. The van der Waals surface area contributed by atoms with Crippen molar-refractivity contribution in [3.05, 3.63) is 47.0 Å². The number of rotatable bonds is 4. The Kier molecular flexibility index (Phi) is 3.94. The summed E-state index contributed by atoms with van der Waals surface area (Å²) in [5.41, 5.74) is 5.73.